The number of rotatable bonds is 6. The van der Waals surface area contributed by atoms with Crippen molar-refractivity contribution in [2.75, 3.05) is 32.5 Å². The zero-order valence-corrected chi connectivity index (χ0v) is 9.94. The molecule has 0 heterocycles. The molecule has 1 aromatic rings. The molecule has 6 heteroatoms. The molecule has 0 spiro atoms. The summed E-state index contributed by atoms with van der Waals surface area (Å²) in [6.07, 6.45) is 0.863. The quantitative estimate of drug-likeness (QED) is 0.470. The highest BCUT2D eigenvalue weighted by Gasteiger charge is 2.14. The number of nitro groups is 1. The molecule has 17 heavy (non-hydrogen) atoms. The van der Waals surface area contributed by atoms with E-state index in [-0.39, 0.29) is 5.69 Å². The van der Waals surface area contributed by atoms with E-state index in [1.165, 1.54) is 12.1 Å². The molecule has 0 aromatic heterocycles. The average molecular weight is 241 g/mol. The van der Waals surface area contributed by atoms with Gasteiger partial charge in [0.05, 0.1) is 11.0 Å². The first-order chi connectivity index (χ1) is 8.00. The van der Waals surface area contributed by atoms with Crippen LogP contribution in [0.5, 0.6) is 0 Å². The monoisotopic (exact) mass is 241 g/mol. The third kappa shape index (κ3) is 4.36. The van der Waals surface area contributed by atoms with Crippen LogP contribution in [-0.2, 0) is 0 Å². The van der Waals surface area contributed by atoms with E-state index >= 15 is 0 Å². The highest BCUT2D eigenvalue weighted by Crippen LogP contribution is 2.24. The van der Waals surface area contributed by atoms with Gasteiger partial charge in [-0.25, -0.2) is 4.39 Å². The number of benzene rings is 1. The first-order valence-corrected chi connectivity index (χ1v) is 5.33. The average Bonchev–Trinajstić information content (AvgIpc) is 2.25. The van der Waals surface area contributed by atoms with E-state index in [4.69, 9.17) is 0 Å². The van der Waals surface area contributed by atoms with E-state index in [0.29, 0.717) is 12.2 Å². The second-order valence-corrected chi connectivity index (χ2v) is 4.00. The minimum absolute atomic E-state index is 0.227. The minimum atomic E-state index is -0.601. The van der Waals surface area contributed by atoms with E-state index in [2.05, 4.69) is 5.32 Å². The lowest BCUT2D eigenvalue weighted by molar-refractivity contribution is -0.384. The van der Waals surface area contributed by atoms with Crippen LogP contribution < -0.4 is 5.32 Å². The van der Waals surface area contributed by atoms with Gasteiger partial charge in [0.1, 0.15) is 11.5 Å². The van der Waals surface area contributed by atoms with Crippen LogP contribution >= 0.6 is 0 Å². The van der Waals surface area contributed by atoms with Gasteiger partial charge in [-0.1, -0.05) is 0 Å². The number of nitrogens with zero attached hydrogens (tertiary/aromatic N) is 2. The standard InChI is InChI=1S/C11H16FN3O2/c1-14(2)7-3-6-13-10-5-4-9(12)8-11(10)15(16)17/h4-5,8,13H,3,6-7H2,1-2H3. The van der Waals surface area contributed by atoms with Crippen molar-refractivity contribution in [2.24, 2.45) is 0 Å². The molecule has 0 unspecified atom stereocenters. The molecular weight excluding hydrogens is 225 g/mol. The van der Waals surface area contributed by atoms with E-state index in [1.54, 1.807) is 0 Å². The maximum Gasteiger partial charge on any atom is 0.295 e. The Morgan fingerprint density at radius 2 is 2.18 bits per heavy atom. The molecule has 0 fully saturated rings. The van der Waals surface area contributed by atoms with Crippen molar-refractivity contribution in [3.63, 3.8) is 0 Å². The molecular formula is C11H16FN3O2. The van der Waals surface area contributed by atoms with Crippen molar-refractivity contribution in [1.82, 2.24) is 4.90 Å². The second kappa shape index (κ2) is 6.15. The van der Waals surface area contributed by atoms with Crippen LogP contribution in [0, 0.1) is 15.9 Å². The number of nitro benzene ring substituents is 1. The summed E-state index contributed by atoms with van der Waals surface area (Å²) in [5.74, 6) is -0.601. The Labute approximate surface area is 99.4 Å². The second-order valence-electron chi connectivity index (χ2n) is 4.00. The van der Waals surface area contributed by atoms with Crippen LogP contribution in [0.4, 0.5) is 15.8 Å². The summed E-state index contributed by atoms with van der Waals surface area (Å²) >= 11 is 0. The lowest BCUT2D eigenvalue weighted by Crippen LogP contribution is -2.16. The molecule has 0 aliphatic rings. The van der Waals surface area contributed by atoms with Crippen molar-refractivity contribution >= 4 is 11.4 Å². The van der Waals surface area contributed by atoms with E-state index in [9.17, 15) is 14.5 Å². The van der Waals surface area contributed by atoms with Gasteiger partial charge in [-0.05, 0) is 39.2 Å². The Hall–Kier alpha value is -1.69. The van der Waals surface area contributed by atoms with Gasteiger partial charge in [-0.2, -0.15) is 0 Å². The maximum absolute atomic E-state index is 12.9. The van der Waals surface area contributed by atoms with Crippen LogP contribution in [0.1, 0.15) is 6.42 Å². The molecule has 1 rings (SSSR count). The van der Waals surface area contributed by atoms with Gasteiger partial charge in [0.15, 0.2) is 0 Å². The molecule has 0 amide bonds. The Morgan fingerprint density at radius 3 is 2.76 bits per heavy atom. The maximum atomic E-state index is 12.9. The number of anilines is 1. The molecule has 0 atom stereocenters. The Morgan fingerprint density at radius 1 is 1.47 bits per heavy atom. The first-order valence-electron chi connectivity index (χ1n) is 5.33. The largest absolute Gasteiger partial charge is 0.379 e. The topological polar surface area (TPSA) is 58.4 Å². The lowest BCUT2D eigenvalue weighted by atomic mass is 10.2. The number of hydrogen-bond acceptors (Lipinski definition) is 4. The molecule has 94 valence electrons. The number of nitrogens with one attached hydrogen (secondary N) is 1. The fourth-order valence-corrected chi connectivity index (χ4v) is 1.42. The van der Waals surface area contributed by atoms with Crippen LogP contribution in [0.25, 0.3) is 0 Å². The van der Waals surface area contributed by atoms with Gasteiger partial charge in [-0.15, -0.1) is 0 Å². The van der Waals surface area contributed by atoms with Gasteiger partial charge in [0.2, 0.25) is 0 Å². The van der Waals surface area contributed by atoms with E-state index in [0.717, 1.165) is 19.0 Å². The zero-order chi connectivity index (χ0) is 12.8. The fraction of sp³-hybridized carbons (Fsp3) is 0.455. The zero-order valence-electron chi connectivity index (χ0n) is 9.94. The van der Waals surface area contributed by atoms with E-state index in [1.807, 2.05) is 19.0 Å². The highest BCUT2D eigenvalue weighted by molar-refractivity contribution is 5.61. The summed E-state index contributed by atoms with van der Waals surface area (Å²) in [5.41, 5.74) is 0.130. The van der Waals surface area contributed by atoms with Gasteiger partial charge in [0.25, 0.3) is 5.69 Å². The van der Waals surface area contributed by atoms with Crippen LogP contribution in [0.2, 0.25) is 0 Å². The van der Waals surface area contributed by atoms with Crippen LogP contribution in [-0.4, -0.2) is 37.0 Å². The molecule has 0 saturated heterocycles. The Kier molecular flexibility index (Phi) is 4.84. The van der Waals surface area contributed by atoms with Gasteiger partial charge < -0.3 is 10.2 Å². The first kappa shape index (κ1) is 13.4. The predicted molar refractivity (Wildman–Crippen MR) is 64.7 cm³/mol. The van der Waals surface area contributed by atoms with Crippen LogP contribution in [0.15, 0.2) is 18.2 Å². The third-order valence-corrected chi connectivity index (χ3v) is 2.25. The molecule has 0 aliphatic carbocycles. The smallest absolute Gasteiger partial charge is 0.295 e. The summed E-state index contributed by atoms with van der Waals surface area (Å²) in [5, 5.41) is 13.6. The molecule has 0 saturated carbocycles. The lowest BCUT2D eigenvalue weighted by Gasteiger charge is -2.10. The summed E-state index contributed by atoms with van der Waals surface area (Å²) in [6, 6.07) is 3.53. The summed E-state index contributed by atoms with van der Waals surface area (Å²) < 4.78 is 12.9. The van der Waals surface area contributed by atoms with E-state index < -0.39 is 10.7 Å². The van der Waals surface area contributed by atoms with Crippen molar-refractivity contribution in [2.45, 2.75) is 6.42 Å². The van der Waals surface area contributed by atoms with Crippen LogP contribution in [0.3, 0.4) is 0 Å². The SMILES string of the molecule is CN(C)CCCNc1ccc(F)cc1[N+](=O)[O-]. The molecule has 1 N–H and O–H groups in total. The predicted octanol–water partition coefficient (Wildman–Crippen LogP) is 2.10. The number of hydrogen-bond donors (Lipinski definition) is 1. The minimum Gasteiger partial charge on any atom is -0.379 e. The summed E-state index contributed by atoms with van der Waals surface area (Å²) in [4.78, 5) is 12.1. The molecule has 0 aliphatic heterocycles. The Balaban J connectivity index is 2.61. The molecule has 1 aromatic carbocycles. The van der Waals surface area contributed by atoms with Crippen molar-refractivity contribution in [3.05, 3.63) is 34.1 Å². The molecule has 5 nitrogen and oxygen atoms in total. The molecule has 0 bridgehead atoms. The third-order valence-electron chi connectivity index (χ3n) is 2.25. The number of halogens is 1. The Bertz CT molecular complexity index is 396. The van der Waals surface area contributed by atoms with Gasteiger partial charge in [0, 0.05) is 6.54 Å². The van der Waals surface area contributed by atoms with Gasteiger partial charge in [-0.3, -0.25) is 10.1 Å². The highest BCUT2D eigenvalue weighted by atomic mass is 19.1. The fourth-order valence-electron chi connectivity index (χ4n) is 1.42. The van der Waals surface area contributed by atoms with Gasteiger partial charge >= 0.3 is 0 Å². The van der Waals surface area contributed by atoms with Crippen molar-refractivity contribution in [3.8, 4) is 0 Å². The summed E-state index contributed by atoms with van der Waals surface area (Å²) in [7, 11) is 3.92. The van der Waals surface area contributed by atoms with Crippen molar-refractivity contribution in [1.29, 1.82) is 0 Å². The van der Waals surface area contributed by atoms with Crippen molar-refractivity contribution < 1.29 is 9.31 Å². The molecule has 0 radical (unpaired) electrons. The summed E-state index contributed by atoms with van der Waals surface area (Å²) in [6.45, 7) is 1.51. The normalized spacial score (nSPS) is 10.6.